The lowest BCUT2D eigenvalue weighted by Gasteiger charge is -2.23. The predicted molar refractivity (Wildman–Crippen MR) is 104 cm³/mol. The number of carboxylic acid groups (broad SMARTS) is 1. The fraction of sp³-hybridized carbons (Fsp3) is 0.381. The van der Waals surface area contributed by atoms with Crippen molar-refractivity contribution in [3.63, 3.8) is 0 Å². The number of thiophene rings is 1. The molecule has 5 heteroatoms. The second kappa shape index (κ2) is 6.16. The molecule has 1 aliphatic heterocycles. The second-order valence-electron chi connectivity index (χ2n) is 7.22. The van der Waals surface area contributed by atoms with E-state index in [2.05, 4.69) is 16.7 Å². The van der Waals surface area contributed by atoms with Crippen LogP contribution in [0.2, 0.25) is 0 Å². The van der Waals surface area contributed by atoms with E-state index in [1.807, 2.05) is 18.2 Å². The molecule has 3 heterocycles. The van der Waals surface area contributed by atoms with Crippen molar-refractivity contribution in [1.29, 1.82) is 0 Å². The van der Waals surface area contributed by atoms with Gasteiger partial charge in [-0.3, -0.25) is 0 Å². The predicted octanol–water partition coefficient (Wildman–Crippen LogP) is 5.51. The number of ether oxygens (including phenoxy) is 1. The lowest BCUT2D eigenvalue weighted by molar-refractivity contribution is 0.0702. The Morgan fingerprint density at radius 1 is 1.19 bits per heavy atom. The van der Waals surface area contributed by atoms with Gasteiger partial charge in [-0.05, 0) is 42.5 Å². The molecular formula is C21H21NO3S. The molecule has 2 aromatic heterocycles. The molecule has 3 aromatic rings. The Balaban J connectivity index is 1.82. The maximum Gasteiger partial charge on any atom is 0.345 e. The van der Waals surface area contributed by atoms with Gasteiger partial charge in [0.1, 0.15) is 17.2 Å². The van der Waals surface area contributed by atoms with Gasteiger partial charge < -0.3 is 14.4 Å². The molecule has 1 saturated carbocycles. The van der Waals surface area contributed by atoms with E-state index in [1.54, 1.807) is 0 Å². The lowest BCUT2D eigenvalue weighted by Crippen LogP contribution is -2.08. The summed E-state index contributed by atoms with van der Waals surface area (Å²) in [4.78, 5) is 12.0. The van der Waals surface area contributed by atoms with Crippen LogP contribution in [-0.4, -0.2) is 22.2 Å². The molecule has 1 N–H and O–H groups in total. The second-order valence-corrected chi connectivity index (χ2v) is 8.28. The minimum atomic E-state index is -0.833. The van der Waals surface area contributed by atoms with Gasteiger partial charge in [0, 0.05) is 5.56 Å². The number of hydrogen-bond donors (Lipinski definition) is 1. The Morgan fingerprint density at radius 2 is 2.00 bits per heavy atom. The maximum atomic E-state index is 11.6. The van der Waals surface area contributed by atoms with Gasteiger partial charge in [0.25, 0.3) is 0 Å². The van der Waals surface area contributed by atoms with Crippen LogP contribution in [0.3, 0.4) is 0 Å². The first-order chi connectivity index (χ1) is 12.7. The van der Waals surface area contributed by atoms with Crippen molar-refractivity contribution in [2.45, 2.75) is 44.6 Å². The third kappa shape index (κ3) is 2.37. The molecule has 1 fully saturated rings. The van der Waals surface area contributed by atoms with Gasteiger partial charge >= 0.3 is 5.97 Å². The number of para-hydroxylation sites is 1. The average molecular weight is 367 g/mol. The zero-order valence-corrected chi connectivity index (χ0v) is 15.3. The topological polar surface area (TPSA) is 51.5 Å². The first kappa shape index (κ1) is 15.9. The molecule has 0 saturated heterocycles. The molecule has 2 aliphatic rings. The van der Waals surface area contributed by atoms with Crippen molar-refractivity contribution < 1.29 is 14.6 Å². The summed E-state index contributed by atoms with van der Waals surface area (Å²) < 4.78 is 9.47. The zero-order chi connectivity index (χ0) is 17.7. The third-order valence-corrected chi connectivity index (χ3v) is 6.86. The SMILES string of the molecule is O=C(O)c1cc2c(s1)c(C1CCCCC1)c1n2CCOc2ccccc2-1. The molecule has 0 atom stereocenters. The van der Waals surface area contributed by atoms with E-state index in [4.69, 9.17) is 4.74 Å². The van der Waals surface area contributed by atoms with Gasteiger partial charge in [-0.15, -0.1) is 11.3 Å². The number of rotatable bonds is 2. The van der Waals surface area contributed by atoms with Crippen molar-refractivity contribution in [2.75, 3.05) is 6.61 Å². The largest absolute Gasteiger partial charge is 0.491 e. The highest BCUT2D eigenvalue weighted by molar-refractivity contribution is 7.21. The molecular weight excluding hydrogens is 346 g/mol. The number of aromatic nitrogens is 1. The molecule has 0 bridgehead atoms. The Kier molecular flexibility index (Phi) is 3.78. The maximum absolute atomic E-state index is 11.6. The van der Waals surface area contributed by atoms with E-state index >= 15 is 0 Å². The van der Waals surface area contributed by atoms with E-state index < -0.39 is 5.97 Å². The molecule has 1 aromatic carbocycles. The first-order valence-electron chi connectivity index (χ1n) is 9.35. The summed E-state index contributed by atoms with van der Waals surface area (Å²) in [5.74, 6) is 0.612. The summed E-state index contributed by atoms with van der Waals surface area (Å²) in [6, 6.07) is 10.1. The molecule has 1 aliphatic carbocycles. The van der Waals surface area contributed by atoms with Gasteiger partial charge in [-0.1, -0.05) is 31.4 Å². The van der Waals surface area contributed by atoms with Crippen molar-refractivity contribution in [1.82, 2.24) is 4.57 Å². The summed E-state index contributed by atoms with van der Waals surface area (Å²) in [5, 5.41) is 9.50. The van der Waals surface area contributed by atoms with Crippen LogP contribution in [0.5, 0.6) is 5.75 Å². The highest BCUT2D eigenvalue weighted by Gasteiger charge is 2.30. The summed E-state index contributed by atoms with van der Waals surface area (Å²) in [6.45, 7) is 1.36. The molecule has 0 spiro atoms. The number of carbonyl (C=O) groups is 1. The Bertz CT molecular complexity index is 994. The van der Waals surface area contributed by atoms with Crippen LogP contribution < -0.4 is 4.74 Å². The smallest absolute Gasteiger partial charge is 0.345 e. The van der Waals surface area contributed by atoms with Crippen LogP contribution in [0.25, 0.3) is 21.5 Å². The van der Waals surface area contributed by atoms with Crippen LogP contribution in [0, 0.1) is 0 Å². The summed E-state index contributed by atoms with van der Waals surface area (Å²) in [5.41, 5.74) is 4.81. The molecule has 5 rings (SSSR count). The molecule has 0 radical (unpaired) electrons. The summed E-state index contributed by atoms with van der Waals surface area (Å²) >= 11 is 1.44. The molecule has 134 valence electrons. The minimum absolute atomic E-state index is 0.431. The van der Waals surface area contributed by atoms with Gasteiger partial charge in [-0.25, -0.2) is 4.79 Å². The molecule has 26 heavy (non-hydrogen) atoms. The van der Waals surface area contributed by atoms with Crippen LogP contribution in [0.4, 0.5) is 0 Å². The van der Waals surface area contributed by atoms with E-state index in [9.17, 15) is 9.90 Å². The molecule has 0 amide bonds. The van der Waals surface area contributed by atoms with Crippen molar-refractivity contribution in [3.05, 3.63) is 40.8 Å². The van der Waals surface area contributed by atoms with E-state index in [0.717, 1.165) is 23.4 Å². The van der Waals surface area contributed by atoms with Crippen molar-refractivity contribution in [3.8, 4) is 17.0 Å². The summed E-state index contributed by atoms with van der Waals surface area (Å²) in [7, 11) is 0. The Morgan fingerprint density at radius 3 is 2.81 bits per heavy atom. The first-order valence-corrected chi connectivity index (χ1v) is 10.2. The van der Waals surface area contributed by atoms with Gasteiger partial charge in [0.05, 0.1) is 22.5 Å². The minimum Gasteiger partial charge on any atom is -0.491 e. The fourth-order valence-electron chi connectivity index (χ4n) is 4.58. The lowest BCUT2D eigenvalue weighted by atomic mass is 9.83. The number of carboxylic acids is 1. The Labute approximate surface area is 156 Å². The number of fused-ring (bicyclic) bond motifs is 5. The van der Waals surface area contributed by atoms with Crippen LogP contribution in [0.15, 0.2) is 30.3 Å². The van der Waals surface area contributed by atoms with Crippen LogP contribution >= 0.6 is 11.3 Å². The number of hydrogen-bond acceptors (Lipinski definition) is 3. The van der Waals surface area contributed by atoms with Crippen molar-refractivity contribution in [2.24, 2.45) is 0 Å². The highest BCUT2D eigenvalue weighted by Crippen LogP contribution is 2.49. The van der Waals surface area contributed by atoms with E-state index in [-0.39, 0.29) is 0 Å². The number of benzene rings is 1. The van der Waals surface area contributed by atoms with Gasteiger partial charge in [0.15, 0.2) is 0 Å². The molecule has 0 unspecified atom stereocenters. The zero-order valence-electron chi connectivity index (χ0n) is 14.5. The fourth-order valence-corrected chi connectivity index (χ4v) is 5.71. The third-order valence-electron chi connectivity index (χ3n) is 5.71. The molecule has 4 nitrogen and oxygen atoms in total. The van der Waals surface area contributed by atoms with Crippen LogP contribution in [-0.2, 0) is 6.54 Å². The van der Waals surface area contributed by atoms with E-state index in [1.165, 1.54) is 59.4 Å². The van der Waals surface area contributed by atoms with Crippen LogP contribution in [0.1, 0.15) is 53.3 Å². The normalized spacial score (nSPS) is 17.4. The number of aromatic carboxylic acids is 1. The Hall–Kier alpha value is -2.27. The van der Waals surface area contributed by atoms with Gasteiger partial charge in [-0.2, -0.15) is 0 Å². The quantitative estimate of drug-likeness (QED) is 0.650. The van der Waals surface area contributed by atoms with E-state index in [0.29, 0.717) is 17.4 Å². The van der Waals surface area contributed by atoms with Gasteiger partial charge in [0.2, 0.25) is 0 Å². The highest BCUT2D eigenvalue weighted by atomic mass is 32.1. The average Bonchev–Trinajstić information content (AvgIpc) is 3.15. The monoisotopic (exact) mass is 367 g/mol. The number of nitrogens with zero attached hydrogens (tertiary/aromatic N) is 1. The summed E-state index contributed by atoms with van der Waals surface area (Å²) in [6.07, 6.45) is 6.20. The standard InChI is InChI=1S/C21H21NO3S/c23-21(24)17-12-15-20(26-17)18(13-6-2-1-3-7-13)19-14-8-4-5-9-16(14)25-11-10-22(15)19/h4-5,8-9,12-13H,1-3,6-7,10-11H2,(H,23,24). The van der Waals surface area contributed by atoms with Crippen molar-refractivity contribution >= 4 is 27.5 Å².